The van der Waals surface area contributed by atoms with Gasteiger partial charge in [-0.3, -0.25) is 4.99 Å². The van der Waals surface area contributed by atoms with E-state index in [4.69, 9.17) is 11.6 Å². The van der Waals surface area contributed by atoms with Crippen LogP contribution in [0.5, 0.6) is 0 Å². The molecular formula is C15H20ClIN6S. The number of nitrogens with one attached hydrogen (secondary N) is 1. The second-order valence-corrected chi connectivity index (χ2v) is 6.93. The van der Waals surface area contributed by atoms with Crippen LogP contribution in [0.4, 0.5) is 5.95 Å². The van der Waals surface area contributed by atoms with Crippen LogP contribution in [0.3, 0.4) is 0 Å². The minimum Gasteiger partial charge on any atom is -0.351 e. The Morgan fingerprint density at radius 3 is 2.54 bits per heavy atom. The maximum Gasteiger partial charge on any atom is 0.225 e. The van der Waals surface area contributed by atoms with Gasteiger partial charge in [-0.25, -0.2) is 9.97 Å². The Morgan fingerprint density at radius 2 is 1.96 bits per heavy atom. The molecule has 0 aromatic carbocycles. The van der Waals surface area contributed by atoms with Crippen LogP contribution in [0.1, 0.15) is 4.88 Å². The molecule has 0 unspecified atom stereocenters. The normalized spacial score (nSPS) is 15.2. The minimum atomic E-state index is 0. The molecule has 1 saturated heterocycles. The van der Waals surface area contributed by atoms with E-state index in [9.17, 15) is 0 Å². The van der Waals surface area contributed by atoms with Crippen molar-refractivity contribution in [3.8, 4) is 0 Å². The first-order chi connectivity index (χ1) is 11.3. The average Bonchev–Trinajstić information content (AvgIpc) is 3.02. The number of hydrogen-bond donors (Lipinski definition) is 1. The number of piperazine rings is 1. The topological polar surface area (TPSA) is 56.7 Å². The summed E-state index contributed by atoms with van der Waals surface area (Å²) in [4.78, 5) is 18.7. The lowest BCUT2D eigenvalue weighted by atomic mass is 10.3. The zero-order valence-electron chi connectivity index (χ0n) is 13.4. The first-order valence-corrected chi connectivity index (χ1v) is 8.67. The third-order valence-electron chi connectivity index (χ3n) is 3.68. The molecule has 0 aliphatic carbocycles. The molecule has 6 nitrogen and oxygen atoms in total. The summed E-state index contributed by atoms with van der Waals surface area (Å²) in [5.41, 5.74) is 0. The molecule has 0 amide bonds. The van der Waals surface area contributed by atoms with E-state index in [0.717, 1.165) is 49.0 Å². The fourth-order valence-corrected chi connectivity index (χ4v) is 3.55. The number of nitrogens with zero attached hydrogens (tertiary/aromatic N) is 5. The van der Waals surface area contributed by atoms with Crippen LogP contribution in [-0.4, -0.2) is 54.1 Å². The highest BCUT2D eigenvalue weighted by molar-refractivity contribution is 14.0. The van der Waals surface area contributed by atoms with Crippen molar-refractivity contribution in [3.63, 3.8) is 0 Å². The summed E-state index contributed by atoms with van der Waals surface area (Å²) < 4.78 is 0.813. The zero-order valence-corrected chi connectivity index (χ0v) is 17.3. The molecule has 0 saturated carbocycles. The molecule has 1 fully saturated rings. The molecule has 9 heteroatoms. The largest absolute Gasteiger partial charge is 0.351 e. The molecule has 2 aromatic heterocycles. The Hall–Kier alpha value is -1.13. The SMILES string of the molecule is CN=C(NCc1ccc(Cl)s1)N1CCN(c2ncccn2)CC1.I. The fourth-order valence-electron chi connectivity index (χ4n) is 2.52. The number of thiophene rings is 1. The number of hydrogen-bond acceptors (Lipinski definition) is 5. The third-order valence-corrected chi connectivity index (χ3v) is 4.91. The van der Waals surface area contributed by atoms with Crippen molar-refractivity contribution in [2.45, 2.75) is 6.54 Å². The molecule has 130 valence electrons. The van der Waals surface area contributed by atoms with Crippen molar-refractivity contribution in [2.75, 3.05) is 38.1 Å². The molecule has 3 heterocycles. The molecule has 1 aliphatic heterocycles. The van der Waals surface area contributed by atoms with Crippen LogP contribution in [0.2, 0.25) is 4.34 Å². The van der Waals surface area contributed by atoms with E-state index in [1.54, 1.807) is 23.7 Å². The number of halogens is 2. The van der Waals surface area contributed by atoms with Gasteiger partial charge in [0.25, 0.3) is 0 Å². The number of rotatable bonds is 3. The lowest BCUT2D eigenvalue weighted by Gasteiger charge is -2.36. The van der Waals surface area contributed by atoms with Crippen molar-refractivity contribution in [1.29, 1.82) is 0 Å². The predicted octanol–water partition coefficient (Wildman–Crippen LogP) is 2.71. The molecule has 1 aliphatic rings. The molecule has 24 heavy (non-hydrogen) atoms. The number of aromatic nitrogens is 2. The van der Waals surface area contributed by atoms with Gasteiger partial charge in [-0.15, -0.1) is 35.3 Å². The Labute approximate surface area is 168 Å². The summed E-state index contributed by atoms with van der Waals surface area (Å²) >= 11 is 7.55. The quantitative estimate of drug-likeness (QED) is 0.418. The smallest absolute Gasteiger partial charge is 0.225 e. The van der Waals surface area contributed by atoms with Gasteiger partial charge in [-0.2, -0.15) is 0 Å². The van der Waals surface area contributed by atoms with Crippen LogP contribution in [0, 0.1) is 0 Å². The van der Waals surface area contributed by atoms with E-state index >= 15 is 0 Å². The second-order valence-electron chi connectivity index (χ2n) is 5.13. The van der Waals surface area contributed by atoms with Crippen molar-refractivity contribution >= 4 is 58.8 Å². The highest BCUT2D eigenvalue weighted by atomic mass is 127. The molecule has 2 aromatic rings. The highest BCUT2D eigenvalue weighted by Crippen LogP contribution is 2.21. The van der Waals surface area contributed by atoms with Crippen molar-refractivity contribution in [3.05, 3.63) is 39.8 Å². The third kappa shape index (κ3) is 4.93. The van der Waals surface area contributed by atoms with E-state index in [-0.39, 0.29) is 24.0 Å². The standard InChI is InChI=1S/C15H19ClN6S.HI/c1-17-14(20-11-12-3-4-13(16)23-12)21-7-9-22(10-8-21)15-18-5-2-6-19-15;/h2-6H,7-11H2,1H3,(H,17,20);1H. The first kappa shape index (κ1) is 19.2. The minimum absolute atomic E-state index is 0. The van der Waals surface area contributed by atoms with Gasteiger partial charge in [0, 0.05) is 50.5 Å². The summed E-state index contributed by atoms with van der Waals surface area (Å²) in [5, 5.41) is 3.40. The summed E-state index contributed by atoms with van der Waals surface area (Å²) in [6.07, 6.45) is 3.56. The summed E-state index contributed by atoms with van der Waals surface area (Å²) in [6.45, 7) is 4.30. The molecule has 0 radical (unpaired) electrons. The number of aliphatic imine (C=N–C) groups is 1. The van der Waals surface area contributed by atoms with E-state index < -0.39 is 0 Å². The van der Waals surface area contributed by atoms with E-state index in [1.807, 2.05) is 25.2 Å². The first-order valence-electron chi connectivity index (χ1n) is 7.48. The Kier molecular flexibility index (Phi) is 7.50. The van der Waals surface area contributed by atoms with Crippen LogP contribution in [0.15, 0.2) is 35.6 Å². The van der Waals surface area contributed by atoms with Crippen LogP contribution in [-0.2, 0) is 6.54 Å². The molecule has 0 atom stereocenters. The zero-order chi connectivity index (χ0) is 16.1. The molecule has 3 rings (SSSR count). The van der Waals surface area contributed by atoms with Crippen molar-refractivity contribution < 1.29 is 0 Å². The van der Waals surface area contributed by atoms with Crippen LogP contribution in [0.25, 0.3) is 0 Å². The summed E-state index contributed by atoms with van der Waals surface area (Å²) in [5.74, 6) is 1.71. The van der Waals surface area contributed by atoms with Gasteiger partial charge >= 0.3 is 0 Å². The molecule has 1 N–H and O–H groups in total. The van der Waals surface area contributed by atoms with Crippen LogP contribution >= 0.6 is 46.9 Å². The Balaban J connectivity index is 0.00000208. The molecule has 0 bridgehead atoms. The second kappa shape index (κ2) is 9.38. The number of guanidine groups is 1. The van der Waals surface area contributed by atoms with Gasteiger partial charge in [-0.05, 0) is 18.2 Å². The van der Waals surface area contributed by atoms with E-state index in [0.29, 0.717) is 0 Å². The monoisotopic (exact) mass is 478 g/mol. The van der Waals surface area contributed by atoms with Gasteiger partial charge in [0.1, 0.15) is 0 Å². The van der Waals surface area contributed by atoms with E-state index in [2.05, 4.69) is 30.1 Å². The maximum atomic E-state index is 5.97. The molecular weight excluding hydrogens is 459 g/mol. The van der Waals surface area contributed by atoms with Gasteiger partial charge < -0.3 is 15.1 Å². The van der Waals surface area contributed by atoms with Gasteiger partial charge in [-0.1, -0.05) is 11.6 Å². The predicted molar refractivity (Wildman–Crippen MR) is 111 cm³/mol. The Bertz CT molecular complexity index is 657. The van der Waals surface area contributed by atoms with Gasteiger partial charge in [0.15, 0.2) is 5.96 Å². The lowest BCUT2D eigenvalue weighted by molar-refractivity contribution is 0.370. The highest BCUT2D eigenvalue weighted by Gasteiger charge is 2.21. The Morgan fingerprint density at radius 1 is 1.25 bits per heavy atom. The maximum absolute atomic E-state index is 5.97. The van der Waals surface area contributed by atoms with Crippen molar-refractivity contribution in [1.82, 2.24) is 20.2 Å². The van der Waals surface area contributed by atoms with Crippen LogP contribution < -0.4 is 10.2 Å². The van der Waals surface area contributed by atoms with E-state index in [1.165, 1.54) is 4.88 Å². The van der Waals surface area contributed by atoms with Gasteiger partial charge in [0.05, 0.1) is 10.9 Å². The average molecular weight is 479 g/mol. The van der Waals surface area contributed by atoms with Gasteiger partial charge in [0.2, 0.25) is 5.95 Å². The summed E-state index contributed by atoms with van der Waals surface area (Å²) in [7, 11) is 1.82. The lowest BCUT2D eigenvalue weighted by Crippen LogP contribution is -2.52. The molecule has 0 spiro atoms. The number of anilines is 1. The van der Waals surface area contributed by atoms with Crippen molar-refractivity contribution in [2.24, 2.45) is 4.99 Å². The summed E-state index contributed by atoms with van der Waals surface area (Å²) in [6, 6.07) is 5.80. The fraction of sp³-hybridized carbons (Fsp3) is 0.400.